The summed E-state index contributed by atoms with van der Waals surface area (Å²) in [5.41, 5.74) is 3.83. The zero-order valence-electron chi connectivity index (χ0n) is 19.3. The summed E-state index contributed by atoms with van der Waals surface area (Å²) in [6, 6.07) is 26.7. The van der Waals surface area contributed by atoms with Crippen LogP contribution < -0.4 is 10.9 Å². The van der Waals surface area contributed by atoms with Gasteiger partial charge in [0.2, 0.25) is 0 Å². The Kier molecular flexibility index (Phi) is 5.97. The summed E-state index contributed by atoms with van der Waals surface area (Å²) in [5.74, 6) is -0.453. The number of carbonyl (C=O) groups is 1. The maximum atomic E-state index is 13.7. The number of nitrogens with zero attached hydrogens (tertiary/aromatic N) is 2. The molecule has 1 N–H and O–H groups in total. The number of aryl methyl sites for hydroxylation is 1. The number of benzene rings is 3. The molecule has 0 atom stereocenters. The van der Waals surface area contributed by atoms with Crippen LogP contribution in [0.5, 0.6) is 0 Å². The molecule has 5 nitrogen and oxygen atoms in total. The van der Waals surface area contributed by atoms with Gasteiger partial charge in [-0.1, -0.05) is 99.6 Å². The van der Waals surface area contributed by atoms with Crippen molar-refractivity contribution in [2.75, 3.05) is 5.32 Å². The maximum absolute atomic E-state index is 13.7. The van der Waals surface area contributed by atoms with Gasteiger partial charge in [-0.2, -0.15) is 5.10 Å². The molecule has 3 aromatic carbocycles. The van der Waals surface area contributed by atoms with Crippen molar-refractivity contribution in [2.45, 2.75) is 26.2 Å². The van der Waals surface area contributed by atoms with Crippen LogP contribution in [-0.4, -0.2) is 15.7 Å². The lowest BCUT2D eigenvalue weighted by atomic mass is 9.85. The second-order valence-corrected chi connectivity index (χ2v) is 9.01. The number of hydrogen-bond donors (Lipinski definition) is 1. The molecule has 5 heteroatoms. The number of aromatic nitrogens is 2. The molecule has 33 heavy (non-hydrogen) atoms. The summed E-state index contributed by atoms with van der Waals surface area (Å²) in [4.78, 5) is 27.0. The first-order valence-corrected chi connectivity index (χ1v) is 10.9. The van der Waals surface area contributed by atoms with Gasteiger partial charge in [-0.3, -0.25) is 9.59 Å². The molecule has 0 radical (unpaired) electrons. The van der Waals surface area contributed by atoms with Gasteiger partial charge in [-0.15, -0.1) is 0 Å². The van der Waals surface area contributed by atoms with E-state index in [1.165, 1.54) is 4.68 Å². The van der Waals surface area contributed by atoms with E-state index in [9.17, 15) is 9.59 Å². The van der Waals surface area contributed by atoms with Gasteiger partial charge in [-0.05, 0) is 22.6 Å². The molecule has 0 aliphatic carbocycles. The topological polar surface area (TPSA) is 64.0 Å². The SMILES string of the molecule is Cn1nc(-c2ccccc2)c(-c2ccccc2)c(C(=O)Nc2ccccc2C(C)(C)C)c1=O. The van der Waals surface area contributed by atoms with Crippen molar-refractivity contribution in [2.24, 2.45) is 7.05 Å². The highest BCUT2D eigenvalue weighted by molar-refractivity contribution is 6.10. The highest BCUT2D eigenvalue weighted by Gasteiger charge is 2.26. The minimum absolute atomic E-state index is 0.0706. The van der Waals surface area contributed by atoms with Crippen molar-refractivity contribution in [3.63, 3.8) is 0 Å². The Labute approximate surface area is 193 Å². The Balaban J connectivity index is 1.95. The van der Waals surface area contributed by atoms with Crippen molar-refractivity contribution < 1.29 is 4.79 Å². The average Bonchev–Trinajstić information content (AvgIpc) is 2.81. The van der Waals surface area contributed by atoms with Gasteiger partial charge >= 0.3 is 0 Å². The molecule has 1 amide bonds. The predicted molar refractivity (Wildman–Crippen MR) is 133 cm³/mol. The highest BCUT2D eigenvalue weighted by atomic mass is 16.2. The van der Waals surface area contributed by atoms with Crippen LogP contribution in [0.2, 0.25) is 0 Å². The second kappa shape index (κ2) is 8.87. The van der Waals surface area contributed by atoms with E-state index in [2.05, 4.69) is 31.2 Å². The first-order valence-electron chi connectivity index (χ1n) is 10.9. The number of nitrogens with one attached hydrogen (secondary N) is 1. The van der Waals surface area contributed by atoms with Crippen LogP contribution in [0.1, 0.15) is 36.7 Å². The quantitative estimate of drug-likeness (QED) is 0.448. The molecule has 0 aliphatic rings. The lowest BCUT2D eigenvalue weighted by molar-refractivity contribution is 0.102. The van der Waals surface area contributed by atoms with Crippen LogP contribution >= 0.6 is 0 Å². The zero-order valence-corrected chi connectivity index (χ0v) is 19.3. The van der Waals surface area contributed by atoms with E-state index in [1.54, 1.807) is 7.05 Å². The third-order valence-electron chi connectivity index (χ3n) is 5.56. The maximum Gasteiger partial charge on any atom is 0.280 e. The predicted octanol–water partition coefficient (Wildman–Crippen LogP) is 5.66. The van der Waals surface area contributed by atoms with Crippen molar-refractivity contribution in [1.82, 2.24) is 9.78 Å². The highest BCUT2D eigenvalue weighted by Crippen LogP contribution is 2.33. The Morgan fingerprint density at radius 3 is 1.97 bits per heavy atom. The third-order valence-corrected chi connectivity index (χ3v) is 5.56. The molecule has 166 valence electrons. The molecular formula is C28H27N3O2. The van der Waals surface area contributed by atoms with Crippen LogP contribution in [0.3, 0.4) is 0 Å². The average molecular weight is 438 g/mol. The van der Waals surface area contributed by atoms with Crippen molar-refractivity contribution >= 4 is 11.6 Å². The number of hydrogen-bond acceptors (Lipinski definition) is 3. The van der Waals surface area contributed by atoms with Crippen LogP contribution in [0.4, 0.5) is 5.69 Å². The molecule has 4 rings (SSSR count). The fourth-order valence-corrected chi connectivity index (χ4v) is 3.96. The van der Waals surface area contributed by atoms with Gasteiger partial charge in [-0.25, -0.2) is 4.68 Å². The molecule has 1 heterocycles. The molecule has 0 saturated heterocycles. The van der Waals surface area contributed by atoms with Gasteiger partial charge < -0.3 is 5.32 Å². The summed E-state index contributed by atoms with van der Waals surface area (Å²) in [5, 5.41) is 7.56. The molecule has 0 aliphatic heterocycles. The lowest BCUT2D eigenvalue weighted by Crippen LogP contribution is -2.31. The molecule has 0 unspecified atom stereocenters. The van der Waals surface area contributed by atoms with Crippen molar-refractivity contribution in [1.29, 1.82) is 0 Å². The fourth-order valence-electron chi connectivity index (χ4n) is 3.96. The van der Waals surface area contributed by atoms with Gasteiger partial charge in [0.1, 0.15) is 5.56 Å². The molecule has 0 saturated carbocycles. The van der Waals surface area contributed by atoms with E-state index in [0.29, 0.717) is 16.9 Å². The second-order valence-electron chi connectivity index (χ2n) is 9.01. The van der Waals surface area contributed by atoms with E-state index in [0.717, 1.165) is 16.7 Å². The molecule has 0 bridgehead atoms. The Bertz CT molecular complexity index is 1350. The van der Waals surface area contributed by atoms with Gasteiger partial charge in [0, 0.05) is 23.9 Å². The van der Waals surface area contributed by atoms with E-state index >= 15 is 0 Å². The Morgan fingerprint density at radius 1 is 0.818 bits per heavy atom. The Morgan fingerprint density at radius 2 is 1.36 bits per heavy atom. The first-order chi connectivity index (χ1) is 15.8. The van der Waals surface area contributed by atoms with E-state index in [4.69, 9.17) is 0 Å². The van der Waals surface area contributed by atoms with Crippen molar-refractivity contribution in [3.8, 4) is 22.4 Å². The third kappa shape index (κ3) is 4.48. The fraction of sp³-hybridized carbons (Fsp3) is 0.179. The van der Waals surface area contributed by atoms with E-state index in [1.807, 2.05) is 84.9 Å². The zero-order chi connectivity index (χ0) is 23.6. The van der Waals surface area contributed by atoms with E-state index < -0.39 is 11.5 Å². The number of anilines is 1. The lowest BCUT2D eigenvalue weighted by Gasteiger charge is -2.23. The first kappa shape index (κ1) is 22.2. The van der Waals surface area contributed by atoms with E-state index in [-0.39, 0.29) is 11.0 Å². The minimum atomic E-state index is -0.453. The molecule has 0 fully saturated rings. The standard InChI is InChI=1S/C28H27N3O2/c1-28(2,3)21-17-11-12-18-22(21)29-26(32)24-23(19-13-7-5-8-14-19)25(30-31(4)27(24)33)20-15-9-6-10-16-20/h5-18H,1-4H3,(H,29,32). The minimum Gasteiger partial charge on any atom is -0.322 e. The number of carbonyl (C=O) groups excluding carboxylic acids is 1. The number of para-hydroxylation sites is 1. The summed E-state index contributed by atoms with van der Waals surface area (Å²) in [6.45, 7) is 6.27. The summed E-state index contributed by atoms with van der Waals surface area (Å²) in [7, 11) is 1.57. The van der Waals surface area contributed by atoms with Crippen LogP contribution in [0, 0.1) is 0 Å². The Hall–Kier alpha value is -3.99. The number of amides is 1. The smallest absolute Gasteiger partial charge is 0.280 e. The van der Waals surface area contributed by atoms with Crippen molar-refractivity contribution in [3.05, 3.63) is 106 Å². The largest absolute Gasteiger partial charge is 0.322 e. The molecular weight excluding hydrogens is 410 g/mol. The summed E-state index contributed by atoms with van der Waals surface area (Å²) < 4.78 is 1.24. The van der Waals surface area contributed by atoms with Crippen LogP contribution in [-0.2, 0) is 12.5 Å². The normalized spacial score (nSPS) is 11.3. The molecule has 1 aromatic heterocycles. The monoisotopic (exact) mass is 437 g/mol. The summed E-state index contributed by atoms with van der Waals surface area (Å²) in [6.07, 6.45) is 0. The summed E-state index contributed by atoms with van der Waals surface area (Å²) >= 11 is 0. The molecule has 4 aromatic rings. The van der Waals surface area contributed by atoms with Gasteiger partial charge in [0.25, 0.3) is 11.5 Å². The van der Waals surface area contributed by atoms with Gasteiger partial charge in [0.05, 0.1) is 5.69 Å². The van der Waals surface area contributed by atoms with Crippen LogP contribution in [0.25, 0.3) is 22.4 Å². The number of rotatable bonds is 4. The van der Waals surface area contributed by atoms with Crippen LogP contribution in [0.15, 0.2) is 89.7 Å². The molecule has 0 spiro atoms. The van der Waals surface area contributed by atoms with Gasteiger partial charge in [0.15, 0.2) is 0 Å².